The zero-order valence-corrected chi connectivity index (χ0v) is 15.7. The van der Waals surface area contributed by atoms with Crippen LogP contribution in [-0.2, 0) is 4.79 Å². The molecule has 30 heavy (non-hydrogen) atoms. The standard InChI is InChI=1S/C23H17FN2O4/c24-17-11-5-6-12-18(17)25-23(28)22-21(16-10-4-7-13-19(16)30-22)26-20(27)14-29-15-8-2-1-3-9-15/h1-13H,14H2,(H,25,28)(H,26,27). The number of para-hydroxylation sites is 3. The van der Waals surface area contributed by atoms with Crippen molar-refractivity contribution in [3.63, 3.8) is 0 Å². The molecule has 4 rings (SSSR count). The van der Waals surface area contributed by atoms with Gasteiger partial charge in [-0.25, -0.2) is 4.39 Å². The SMILES string of the molecule is O=C(COc1ccccc1)Nc1c(C(=O)Nc2ccccc2F)oc2ccccc12. The molecule has 2 N–H and O–H groups in total. The van der Waals surface area contributed by atoms with Crippen molar-refractivity contribution in [1.29, 1.82) is 0 Å². The highest BCUT2D eigenvalue weighted by molar-refractivity contribution is 6.14. The maximum atomic E-state index is 13.9. The van der Waals surface area contributed by atoms with Crippen LogP contribution in [0.2, 0.25) is 0 Å². The van der Waals surface area contributed by atoms with Gasteiger partial charge in [0.1, 0.15) is 22.8 Å². The van der Waals surface area contributed by atoms with Crippen molar-refractivity contribution in [3.8, 4) is 5.75 Å². The Bertz CT molecular complexity index is 1200. The van der Waals surface area contributed by atoms with E-state index in [1.807, 2.05) is 6.07 Å². The van der Waals surface area contributed by atoms with Crippen molar-refractivity contribution in [2.24, 2.45) is 0 Å². The number of anilines is 2. The van der Waals surface area contributed by atoms with Crippen molar-refractivity contribution >= 4 is 34.2 Å². The first-order chi connectivity index (χ1) is 14.6. The second-order valence-electron chi connectivity index (χ2n) is 6.39. The van der Waals surface area contributed by atoms with E-state index in [2.05, 4.69) is 10.6 Å². The van der Waals surface area contributed by atoms with Crippen LogP contribution < -0.4 is 15.4 Å². The Balaban J connectivity index is 1.58. The molecule has 2 amide bonds. The van der Waals surface area contributed by atoms with E-state index in [1.54, 1.807) is 54.6 Å². The summed E-state index contributed by atoms with van der Waals surface area (Å²) < 4.78 is 25.0. The fourth-order valence-corrected chi connectivity index (χ4v) is 2.91. The summed E-state index contributed by atoms with van der Waals surface area (Å²) in [6.07, 6.45) is 0. The summed E-state index contributed by atoms with van der Waals surface area (Å²) in [7, 11) is 0. The molecule has 7 heteroatoms. The topological polar surface area (TPSA) is 80.6 Å². The van der Waals surface area contributed by atoms with Gasteiger partial charge in [0, 0.05) is 5.39 Å². The van der Waals surface area contributed by atoms with Gasteiger partial charge in [-0.3, -0.25) is 9.59 Å². The van der Waals surface area contributed by atoms with Crippen LogP contribution in [0, 0.1) is 5.82 Å². The zero-order chi connectivity index (χ0) is 20.9. The summed E-state index contributed by atoms with van der Waals surface area (Å²) in [5, 5.41) is 5.69. The van der Waals surface area contributed by atoms with Gasteiger partial charge in [0.15, 0.2) is 6.61 Å². The third kappa shape index (κ3) is 4.15. The van der Waals surface area contributed by atoms with Crippen LogP contribution in [0.3, 0.4) is 0 Å². The smallest absolute Gasteiger partial charge is 0.293 e. The van der Waals surface area contributed by atoms with Crippen molar-refractivity contribution in [3.05, 3.63) is 90.4 Å². The maximum Gasteiger partial charge on any atom is 0.293 e. The molecule has 6 nitrogen and oxygen atoms in total. The minimum atomic E-state index is -0.685. The number of hydrogen-bond donors (Lipinski definition) is 2. The molecular weight excluding hydrogens is 387 g/mol. The summed E-state index contributed by atoms with van der Waals surface area (Å²) in [6.45, 7) is -0.252. The molecule has 0 saturated carbocycles. The van der Waals surface area contributed by atoms with Crippen LogP contribution in [0.15, 0.2) is 83.3 Å². The molecule has 0 atom stereocenters. The van der Waals surface area contributed by atoms with Gasteiger partial charge in [-0.1, -0.05) is 42.5 Å². The molecule has 0 unspecified atom stereocenters. The lowest BCUT2D eigenvalue weighted by molar-refractivity contribution is -0.118. The predicted molar refractivity (Wildman–Crippen MR) is 111 cm³/mol. The lowest BCUT2D eigenvalue weighted by Crippen LogP contribution is -2.22. The number of nitrogens with one attached hydrogen (secondary N) is 2. The van der Waals surface area contributed by atoms with Gasteiger partial charge < -0.3 is 19.8 Å². The van der Waals surface area contributed by atoms with Crippen molar-refractivity contribution < 1.29 is 23.1 Å². The number of carbonyl (C=O) groups excluding carboxylic acids is 2. The van der Waals surface area contributed by atoms with Gasteiger partial charge in [0.25, 0.3) is 11.8 Å². The molecule has 0 saturated heterocycles. The minimum absolute atomic E-state index is 0.00708. The van der Waals surface area contributed by atoms with E-state index in [1.165, 1.54) is 18.2 Å². The number of carbonyl (C=O) groups is 2. The number of ether oxygens (including phenoxy) is 1. The van der Waals surface area contributed by atoms with Crippen LogP contribution in [0.25, 0.3) is 11.0 Å². The summed E-state index contributed by atoms with van der Waals surface area (Å²) in [6, 6.07) is 21.6. The average Bonchev–Trinajstić information content (AvgIpc) is 3.13. The third-order valence-electron chi connectivity index (χ3n) is 4.30. The lowest BCUT2D eigenvalue weighted by Gasteiger charge is -2.09. The molecule has 0 aliphatic rings. The molecule has 0 aliphatic heterocycles. The molecule has 0 bridgehead atoms. The van der Waals surface area contributed by atoms with Crippen molar-refractivity contribution in [2.75, 3.05) is 17.2 Å². The Morgan fingerprint density at radius 2 is 1.57 bits per heavy atom. The normalized spacial score (nSPS) is 10.6. The minimum Gasteiger partial charge on any atom is -0.484 e. The molecule has 3 aromatic carbocycles. The fourth-order valence-electron chi connectivity index (χ4n) is 2.91. The summed E-state index contributed by atoms with van der Waals surface area (Å²) in [4.78, 5) is 25.2. The summed E-state index contributed by atoms with van der Waals surface area (Å²) >= 11 is 0. The summed E-state index contributed by atoms with van der Waals surface area (Å²) in [5.41, 5.74) is 0.615. The molecular formula is C23H17FN2O4. The highest BCUT2D eigenvalue weighted by Crippen LogP contribution is 2.31. The van der Waals surface area contributed by atoms with Crippen LogP contribution in [0.1, 0.15) is 10.6 Å². The largest absolute Gasteiger partial charge is 0.484 e. The number of halogens is 1. The first-order valence-electron chi connectivity index (χ1n) is 9.17. The van der Waals surface area contributed by atoms with Crippen LogP contribution >= 0.6 is 0 Å². The Kier molecular flexibility index (Phi) is 5.43. The van der Waals surface area contributed by atoms with Crippen molar-refractivity contribution in [1.82, 2.24) is 0 Å². The van der Waals surface area contributed by atoms with Crippen LogP contribution in [-0.4, -0.2) is 18.4 Å². The fraction of sp³-hybridized carbons (Fsp3) is 0.0435. The van der Waals surface area contributed by atoms with E-state index in [4.69, 9.17) is 9.15 Å². The highest BCUT2D eigenvalue weighted by atomic mass is 19.1. The van der Waals surface area contributed by atoms with E-state index >= 15 is 0 Å². The number of hydrogen-bond acceptors (Lipinski definition) is 4. The lowest BCUT2D eigenvalue weighted by atomic mass is 10.2. The van der Waals surface area contributed by atoms with Crippen LogP contribution in [0.4, 0.5) is 15.8 Å². The Morgan fingerprint density at radius 3 is 2.37 bits per heavy atom. The predicted octanol–water partition coefficient (Wildman–Crippen LogP) is 4.84. The molecule has 0 radical (unpaired) electrons. The monoisotopic (exact) mass is 404 g/mol. The zero-order valence-electron chi connectivity index (χ0n) is 15.7. The molecule has 150 valence electrons. The van der Waals surface area contributed by atoms with E-state index < -0.39 is 17.6 Å². The second kappa shape index (κ2) is 8.48. The van der Waals surface area contributed by atoms with Gasteiger partial charge in [-0.05, 0) is 36.4 Å². The van der Waals surface area contributed by atoms with Gasteiger partial charge in [-0.2, -0.15) is 0 Å². The number of amides is 2. The average molecular weight is 404 g/mol. The number of furan rings is 1. The van der Waals surface area contributed by atoms with E-state index in [9.17, 15) is 14.0 Å². The molecule has 4 aromatic rings. The maximum absolute atomic E-state index is 13.9. The van der Waals surface area contributed by atoms with E-state index in [0.29, 0.717) is 16.7 Å². The van der Waals surface area contributed by atoms with Gasteiger partial charge in [0.05, 0.1) is 5.69 Å². The van der Waals surface area contributed by atoms with Gasteiger partial charge >= 0.3 is 0 Å². The number of fused-ring (bicyclic) bond motifs is 1. The van der Waals surface area contributed by atoms with Crippen molar-refractivity contribution in [2.45, 2.75) is 0 Å². The van der Waals surface area contributed by atoms with Gasteiger partial charge in [0.2, 0.25) is 5.76 Å². The first-order valence-corrected chi connectivity index (χ1v) is 9.17. The molecule has 0 fully saturated rings. The second-order valence-corrected chi connectivity index (χ2v) is 6.39. The van der Waals surface area contributed by atoms with E-state index in [-0.39, 0.29) is 23.7 Å². The van der Waals surface area contributed by atoms with Crippen LogP contribution in [0.5, 0.6) is 5.75 Å². The Morgan fingerprint density at radius 1 is 0.867 bits per heavy atom. The summed E-state index contributed by atoms with van der Waals surface area (Å²) in [5.74, 6) is -1.32. The molecule has 0 spiro atoms. The first kappa shape index (κ1) is 19.2. The third-order valence-corrected chi connectivity index (χ3v) is 4.30. The molecule has 1 heterocycles. The molecule has 0 aliphatic carbocycles. The number of rotatable bonds is 6. The Hall–Kier alpha value is -4.13. The van der Waals surface area contributed by atoms with E-state index in [0.717, 1.165) is 0 Å². The molecule has 1 aromatic heterocycles. The highest BCUT2D eigenvalue weighted by Gasteiger charge is 2.23. The number of benzene rings is 3. The Labute approximate surface area is 171 Å². The van der Waals surface area contributed by atoms with Gasteiger partial charge in [-0.15, -0.1) is 0 Å². The quantitative estimate of drug-likeness (QED) is 0.482.